The van der Waals surface area contributed by atoms with Gasteiger partial charge in [0.15, 0.2) is 9.84 Å². The zero-order chi connectivity index (χ0) is 18.2. The molecule has 0 aliphatic carbocycles. The van der Waals surface area contributed by atoms with Crippen LogP contribution in [0.15, 0.2) is 0 Å². The molecule has 1 saturated heterocycles. The SMILES string of the molecule is CN(C)CCN(C(=O)C(=O)NCCOCCO)C1CCS(=O)(=O)C1. The monoisotopic (exact) mass is 365 g/mol. The van der Waals surface area contributed by atoms with E-state index in [0.29, 0.717) is 19.5 Å². The summed E-state index contributed by atoms with van der Waals surface area (Å²) in [6.07, 6.45) is 0.356. The zero-order valence-electron chi connectivity index (χ0n) is 14.2. The van der Waals surface area contributed by atoms with Crippen molar-refractivity contribution in [1.82, 2.24) is 15.1 Å². The number of hydrogen-bond donors (Lipinski definition) is 2. The molecule has 1 rings (SSSR count). The molecular weight excluding hydrogens is 338 g/mol. The lowest BCUT2D eigenvalue weighted by molar-refractivity contribution is -0.147. The van der Waals surface area contributed by atoms with E-state index in [1.807, 2.05) is 19.0 Å². The van der Waals surface area contributed by atoms with Gasteiger partial charge < -0.3 is 25.0 Å². The fourth-order valence-corrected chi connectivity index (χ4v) is 4.12. The van der Waals surface area contributed by atoms with Crippen molar-refractivity contribution >= 4 is 21.7 Å². The Bertz CT molecular complexity index is 523. The van der Waals surface area contributed by atoms with Crippen LogP contribution in [0.2, 0.25) is 0 Å². The number of ether oxygens (including phenoxy) is 1. The predicted octanol–water partition coefficient (Wildman–Crippen LogP) is -2.31. The van der Waals surface area contributed by atoms with E-state index in [0.717, 1.165) is 0 Å². The van der Waals surface area contributed by atoms with Gasteiger partial charge in [0.2, 0.25) is 0 Å². The van der Waals surface area contributed by atoms with Crippen LogP contribution in [-0.4, -0.2) is 106 Å². The fraction of sp³-hybridized carbons (Fsp3) is 0.857. The second kappa shape index (κ2) is 9.92. The lowest BCUT2D eigenvalue weighted by Gasteiger charge is -2.28. The van der Waals surface area contributed by atoms with Gasteiger partial charge in [-0.2, -0.15) is 0 Å². The first-order valence-corrected chi connectivity index (χ1v) is 9.71. The molecule has 0 aromatic carbocycles. The van der Waals surface area contributed by atoms with Crippen molar-refractivity contribution in [3.05, 3.63) is 0 Å². The molecule has 1 fully saturated rings. The van der Waals surface area contributed by atoms with Crippen LogP contribution >= 0.6 is 0 Å². The molecule has 9 nitrogen and oxygen atoms in total. The predicted molar refractivity (Wildman–Crippen MR) is 88.2 cm³/mol. The van der Waals surface area contributed by atoms with E-state index in [1.54, 1.807) is 0 Å². The van der Waals surface area contributed by atoms with Gasteiger partial charge in [-0.15, -0.1) is 0 Å². The van der Waals surface area contributed by atoms with E-state index >= 15 is 0 Å². The van der Waals surface area contributed by atoms with Crippen molar-refractivity contribution in [2.45, 2.75) is 12.5 Å². The summed E-state index contributed by atoms with van der Waals surface area (Å²) in [6.45, 7) is 1.22. The first-order chi connectivity index (χ1) is 11.3. The van der Waals surface area contributed by atoms with Crippen LogP contribution in [0.5, 0.6) is 0 Å². The van der Waals surface area contributed by atoms with Gasteiger partial charge >= 0.3 is 11.8 Å². The smallest absolute Gasteiger partial charge is 0.312 e. The van der Waals surface area contributed by atoms with E-state index in [4.69, 9.17) is 9.84 Å². The molecule has 1 aliphatic rings. The van der Waals surface area contributed by atoms with Gasteiger partial charge in [-0.3, -0.25) is 9.59 Å². The lowest BCUT2D eigenvalue weighted by Crippen LogP contribution is -2.50. The van der Waals surface area contributed by atoms with Gasteiger partial charge in [0.1, 0.15) is 0 Å². The highest BCUT2D eigenvalue weighted by Crippen LogP contribution is 2.18. The third-order valence-electron chi connectivity index (χ3n) is 3.66. The number of aliphatic hydroxyl groups is 1. The van der Waals surface area contributed by atoms with Crippen LogP contribution < -0.4 is 5.32 Å². The van der Waals surface area contributed by atoms with Crippen LogP contribution in [0.25, 0.3) is 0 Å². The maximum Gasteiger partial charge on any atom is 0.312 e. The first kappa shape index (κ1) is 20.8. The van der Waals surface area contributed by atoms with Crippen molar-refractivity contribution in [3.63, 3.8) is 0 Å². The van der Waals surface area contributed by atoms with Crippen molar-refractivity contribution in [2.24, 2.45) is 0 Å². The Hall–Kier alpha value is -1.23. The molecule has 0 radical (unpaired) electrons. The average Bonchev–Trinajstić information content (AvgIpc) is 2.86. The summed E-state index contributed by atoms with van der Waals surface area (Å²) >= 11 is 0. The van der Waals surface area contributed by atoms with Crippen LogP contribution in [0.1, 0.15) is 6.42 Å². The maximum atomic E-state index is 12.4. The molecule has 2 amide bonds. The summed E-state index contributed by atoms with van der Waals surface area (Å²) < 4.78 is 28.3. The quantitative estimate of drug-likeness (QED) is 0.348. The van der Waals surface area contributed by atoms with Gasteiger partial charge in [0, 0.05) is 25.7 Å². The molecule has 1 aliphatic heterocycles. The van der Waals surface area contributed by atoms with E-state index in [2.05, 4.69) is 5.32 Å². The van der Waals surface area contributed by atoms with E-state index < -0.39 is 27.7 Å². The maximum absolute atomic E-state index is 12.4. The summed E-state index contributed by atoms with van der Waals surface area (Å²) in [5, 5.41) is 11.0. The first-order valence-electron chi connectivity index (χ1n) is 7.89. The third kappa shape index (κ3) is 7.12. The number of amides is 2. The van der Waals surface area contributed by atoms with Crippen LogP contribution in [0.4, 0.5) is 0 Å². The topological polar surface area (TPSA) is 116 Å². The van der Waals surface area contributed by atoms with Gasteiger partial charge in [0.05, 0.1) is 31.3 Å². The fourth-order valence-electron chi connectivity index (χ4n) is 2.39. The number of nitrogens with one attached hydrogen (secondary N) is 1. The number of nitrogens with zero attached hydrogens (tertiary/aromatic N) is 2. The second-order valence-corrected chi connectivity index (χ2v) is 8.18. The molecule has 0 aromatic heterocycles. The Labute approximate surface area is 142 Å². The van der Waals surface area contributed by atoms with Crippen LogP contribution in [-0.2, 0) is 24.2 Å². The highest BCUT2D eigenvalue weighted by atomic mass is 32.2. The van der Waals surface area contributed by atoms with E-state index in [-0.39, 0.29) is 37.9 Å². The summed E-state index contributed by atoms with van der Waals surface area (Å²) in [4.78, 5) is 27.6. The Kier molecular flexibility index (Phi) is 8.60. The van der Waals surface area contributed by atoms with Gasteiger partial charge in [-0.1, -0.05) is 0 Å². The Morgan fingerprint density at radius 1 is 1.25 bits per heavy atom. The molecule has 24 heavy (non-hydrogen) atoms. The lowest BCUT2D eigenvalue weighted by atomic mass is 10.2. The molecule has 0 spiro atoms. The molecule has 0 aromatic rings. The van der Waals surface area contributed by atoms with Crippen LogP contribution in [0.3, 0.4) is 0 Å². The number of carbonyl (C=O) groups is 2. The Morgan fingerprint density at radius 3 is 2.50 bits per heavy atom. The Morgan fingerprint density at radius 2 is 1.96 bits per heavy atom. The summed E-state index contributed by atoms with van der Waals surface area (Å²) in [6, 6.07) is -0.459. The molecule has 10 heteroatoms. The highest BCUT2D eigenvalue weighted by Gasteiger charge is 2.36. The molecule has 0 saturated carbocycles. The number of likely N-dealkylation sites (N-methyl/N-ethyl adjacent to an activating group) is 1. The van der Waals surface area contributed by atoms with Gasteiger partial charge in [-0.05, 0) is 20.5 Å². The molecule has 140 valence electrons. The summed E-state index contributed by atoms with van der Waals surface area (Å²) in [5.74, 6) is -1.55. The molecule has 1 heterocycles. The van der Waals surface area contributed by atoms with Gasteiger partial charge in [0.25, 0.3) is 0 Å². The summed E-state index contributed by atoms with van der Waals surface area (Å²) in [5.41, 5.74) is 0. The van der Waals surface area contributed by atoms with Crippen molar-refractivity contribution in [3.8, 4) is 0 Å². The molecular formula is C14H27N3O6S. The third-order valence-corrected chi connectivity index (χ3v) is 5.41. The highest BCUT2D eigenvalue weighted by molar-refractivity contribution is 7.91. The van der Waals surface area contributed by atoms with Gasteiger partial charge in [-0.25, -0.2) is 8.42 Å². The number of hydrogen-bond acceptors (Lipinski definition) is 7. The number of carbonyl (C=O) groups excluding carboxylic acids is 2. The number of rotatable bonds is 9. The normalized spacial score (nSPS) is 19.4. The van der Waals surface area contributed by atoms with Crippen LogP contribution in [0, 0.1) is 0 Å². The minimum Gasteiger partial charge on any atom is -0.394 e. The average molecular weight is 365 g/mol. The standard InChI is InChI=1S/C14H27N3O6S/c1-16(2)5-6-17(12-3-10-24(21,22)11-12)14(20)13(19)15-4-8-23-9-7-18/h12,18H,3-11H2,1-2H3,(H,15,19). The molecule has 1 unspecified atom stereocenters. The largest absolute Gasteiger partial charge is 0.394 e. The van der Waals surface area contributed by atoms with Crippen molar-refractivity contribution < 1.29 is 27.9 Å². The molecule has 0 bridgehead atoms. The minimum absolute atomic E-state index is 0.0417. The number of aliphatic hydroxyl groups excluding tert-OH is 1. The summed E-state index contributed by atoms with van der Waals surface area (Å²) in [7, 11) is 0.531. The zero-order valence-corrected chi connectivity index (χ0v) is 15.0. The molecule has 1 atom stereocenters. The number of sulfone groups is 1. The minimum atomic E-state index is -3.15. The molecule has 2 N–H and O–H groups in total. The second-order valence-electron chi connectivity index (χ2n) is 5.95. The van der Waals surface area contributed by atoms with E-state index in [9.17, 15) is 18.0 Å². The van der Waals surface area contributed by atoms with Crippen molar-refractivity contribution in [2.75, 3.05) is 65.1 Å². The van der Waals surface area contributed by atoms with Crippen molar-refractivity contribution in [1.29, 1.82) is 0 Å². The Balaban J connectivity index is 2.61. The van der Waals surface area contributed by atoms with E-state index in [1.165, 1.54) is 4.90 Å².